The van der Waals surface area contributed by atoms with Crippen LogP contribution in [0.2, 0.25) is 0 Å². The molecule has 1 aliphatic rings. The minimum Gasteiger partial charge on any atom is -0.352 e. The van der Waals surface area contributed by atoms with E-state index in [9.17, 15) is 18.4 Å². The van der Waals surface area contributed by atoms with Gasteiger partial charge >= 0.3 is 0 Å². The minimum atomic E-state index is -0.898. The van der Waals surface area contributed by atoms with Crippen molar-refractivity contribution < 1.29 is 18.4 Å². The minimum absolute atomic E-state index is 0.0127. The number of carbonyl (C=O) groups is 2. The zero-order valence-corrected chi connectivity index (χ0v) is 12.1. The molecule has 0 aromatic heterocycles. The third kappa shape index (κ3) is 4.73. The summed E-state index contributed by atoms with van der Waals surface area (Å²) in [7, 11) is 0. The van der Waals surface area contributed by atoms with E-state index >= 15 is 0 Å². The van der Waals surface area contributed by atoms with E-state index in [2.05, 4.69) is 10.6 Å². The Kier molecular flexibility index (Phi) is 5.77. The second kappa shape index (κ2) is 7.79. The summed E-state index contributed by atoms with van der Waals surface area (Å²) in [5.41, 5.74) is 0.971. The molecule has 0 bridgehead atoms. The lowest BCUT2D eigenvalue weighted by molar-refractivity contribution is -0.120. The van der Waals surface area contributed by atoms with E-state index in [4.69, 9.17) is 0 Å². The summed E-state index contributed by atoms with van der Waals surface area (Å²) in [6, 6.07) is 2.79. The molecule has 0 saturated carbocycles. The molecule has 0 unspecified atom stereocenters. The third-order valence-corrected chi connectivity index (χ3v) is 3.48. The third-order valence-electron chi connectivity index (χ3n) is 3.48. The van der Waals surface area contributed by atoms with Gasteiger partial charge in [0.2, 0.25) is 5.91 Å². The molecule has 22 heavy (non-hydrogen) atoms. The Morgan fingerprint density at radius 1 is 1.23 bits per heavy atom. The van der Waals surface area contributed by atoms with Crippen LogP contribution in [-0.4, -0.2) is 31.3 Å². The standard InChI is InChI=1S/C16H18F2N2O2/c17-12-1-2-13(14(18)9-12)15(21)3-4-16(22)20-10-11-5-7-19-8-6-11/h1-2,5,9,19H,3-4,6-8,10H2,(H,20,22). The van der Waals surface area contributed by atoms with Gasteiger partial charge in [-0.3, -0.25) is 9.59 Å². The molecule has 118 valence electrons. The van der Waals surface area contributed by atoms with Crippen molar-refractivity contribution in [3.05, 3.63) is 47.0 Å². The summed E-state index contributed by atoms with van der Waals surface area (Å²) in [5, 5.41) is 5.92. The van der Waals surface area contributed by atoms with E-state index in [-0.39, 0.29) is 24.3 Å². The number of Topliss-reactive ketones (excluding diaryl/α,β-unsaturated/α-hetero) is 1. The predicted molar refractivity (Wildman–Crippen MR) is 78.5 cm³/mol. The molecule has 1 heterocycles. The Morgan fingerprint density at radius 2 is 2.05 bits per heavy atom. The Bertz CT molecular complexity index is 600. The van der Waals surface area contributed by atoms with E-state index in [0.29, 0.717) is 12.6 Å². The number of hydrogen-bond acceptors (Lipinski definition) is 3. The normalized spacial score (nSPS) is 14.4. The van der Waals surface area contributed by atoms with Crippen molar-refractivity contribution >= 4 is 11.7 Å². The topological polar surface area (TPSA) is 58.2 Å². The van der Waals surface area contributed by atoms with Gasteiger partial charge in [-0.1, -0.05) is 11.6 Å². The van der Waals surface area contributed by atoms with Gasteiger partial charge in [0.25, 0.3) is 0 Å². The summed E-state index contributed by atoms with van der Waals surface area (Å²) >= 11 is 0. The fourth-order valence-corrected chi connectivity index (χ4v) is 2.21. The lowest BCUT2D eigenvalue weighted by atomic mass is 10.1. The Labute approximate surface area is 127 Å². The quantitative estimate of drug-likeness (QED) is 0.624. The van der Waals surface area contributed by atoms with Crippen molar-refractivity contribution in [2.75, 3.05) is 19.6 Å². The first-order valence-corrected chi connectivity index (χ1v) is 7.20. The van der Waals surface area contributed by atoms with E-state index < -0.39 is 17.4 Å². The van der Waals surface area contributed by atoms with Crippen molar-refractivity contribution in [1.82, 2.24) is 10.6 Å². The average molecular weight is 308 g/mol. The average Bonchev–Trinajstić information content (AvgIpc) is 2.51. The van der Waals surface area contributed by atoms with Gasteiger partial charge in [-0.15, -0.1) is 0 Å². The van der Waals surface area contributed by atoms with Crippen LogP contribution in [-0.2, 0) is 4.79 Å². The first-order valence-electron chi connectivity index (χ1n) is 7.20. The number of ketones is 1. The molecule has 2 rings (SSSR count). The number of nitrogens with one attached hydrogen (secondary N) is 2. The molecule has 0 spiro atoms. The maximum atomic E-state index is 13.4. The Balaban J connectivity index is 1.78. The lowest BCUT2D eigenvalue weighted by Gasteiger charge is -2.14. The maximum Gasteiger partial charge on any atom is 0.220 e. The molecular formula is C16H18F2N2O2. The first-order chi connectivity index (χ1) is 10.6. The van der Waals surface area contributed by atoms with Crippen LogP contribution in [0, 0.1) is 11.6 Å². The SMILES string of the molecule is O=C(CCC(=O)c1ccc(F)cc1F)NCC1=CCNCC1. The molecule has 4 nitrogen and oxygen atoms in total. The molecule has 0 radical (unpaired) electrons. The largest absolute Gasteiger partial charge is 0.352 e. The molecule has 0 fully saturated rings. The van der Waals surface area contributed by atoms with Crippen LogP contribution in [0.25, 0.3) is 0 Å². The number of hydrogen-bond donors (Lipinski definition) is 2. The van der Waals surface area contributed by atoms with Crippen LogP contribution in [0.1, 0.15) is 29.6 Å². The zero-order valence-electron chi connectivity index (χ0n) is 12.1. The molecule has 0 atom stereocenters. The van der Waals surface area contributed by atoms with Gasteiger partial charge in [0.15, 0.2) is 5.78 Å². The second-order valence-electron chi connectivity index (χ2n) is 5.14. The van der Waals surface area contributed by atoms with E-state index in [1.165, 1.54) is 0 Å². The van der Waals surface area contributed by atoms with Gasteiger partial charge in [-0.05, 0) is 25.1 Å². The first kappa shape index (κ1) is 16.3. The lowest BCUT2D eigenvalue weighted by Crippen LogP contribution is -2.29. The molecule has 6 heteroatoms. The molecule has 1 aromatic rings. The van der Waals surface area contributed by atoms with Crippen molar-refractivity contribution in [2.45, 2.75) is 19.3 Å². The Hall–Kier alpha value is -2.08. The molecule has 1 aromatic carbocycles. The fourth-order valence-electron chi connectivity index (χ4n) is 2.21. The van der Waals surface area contributed by atoms with Crippen molar-refractivity contribution in [3.63, 3.8) is 0 Å². The van der Waals surface area contributed by atoms with Gasteiger partial charge in [-0.2, -0.15) is 0 Å². The van der Waals surface area contributed by atoms with Crippen LogP contribution < -0.4 is 10.6 Å². The summed E-state index contributed by atoms with van der Waals surface area (Å²) < 4.78 is 26.2. The van der Waals surface area contributed by atoms with E-state index in [1.807, 2.05) is 6.08 Å². The molecule has 1 aliphatic heterocycles. The highest BCUT2D eigenvalue weighted by molar-refractivity contribution is 5.98. The van der Waals surface area contributed by atoms with Gasteiger partial charge in [0.05, 0.1) is 5.56 Å². The number of carbonyl (C=O) groups excluding carboxylic acids is 2. The highest BCUT2D eigenvalue weighted by atomic mass is 19.1. The number of rotatable bonds is 6. The molecule has 2 N–H and O–H groups in total. The summed E-state index contributed by atoms with van der Waals surface area (Å²) in [4.78, 5) is 23.5. The van der Waals surface area contributed by atoms with Crippen LogP contribution in [0.15, 0.2) is 29.8 Å². The number of halogens is 2. The van der Waals surface area contributed by atoms with Crippen molar-refractivity contribution in [2.24, 2.45) is 0 Å². The smallest absolute Gasteiger partial charge is 0.220 e. The Morgan fingerprint density at radius 3 is 2.73 bits per heavy atom. The van der Waals surface area contributed by atoms with E-state index in [0.717, 1.165) is 37.2 Å². The van der Waals surface area contributed by atoms with Gasteiger partial charge < -0.3 is 10.6 Å². The van der Waals surface area contributed by atoms with Crippen molar-refractivity contribution in [1.29, 1.82) is 0 Å². The highest BCUT2D eigenvalue weighted by Crippen LogP contribution is 2.12. The zero-order chi connectivity index (χ0) is 15.9. The van der Waals surface area contributed by atoms with Crippen LogP contribution in [0.3, 0.4) is 0 Å². The molecular weight excluding hydrogens is 290 g/mol. The summed E-state index contributed by atoms with van der Waals surface area (Å²) in [6.45, 7) is 2.16. The summed E-state index contributed by atoms with van der Waals surface area (Å²) in [6.07, 6.45) is 2.80. The van der Waals surface area contributed by atoms with Crippen LogP contribution >= 0.6 is 0 Å². The number of benzene rings is 1. The monoisotopic (exact) mass is 308 g/mol. The highest BCUT2D eigenvalue weighted by Gasteiger charge is 2.14. The fraction of sp³-hybridized carbons (Fsp3) is 0.375. The van der Waals surface area contributed by atoms with Gasteiger partial charge in [-0.25, -0.2) is 8.78 Å². The second-order valence-corrected chi connectivity index (χ2v) is 5.14. The molecule has 1 amide bonds. The van der Waals surface area contributed by atoms with Gasteiger partial charge in [0, 0.05) is 32.0 Å². The van der Waals surface area contributed by atoms with Gasteiger partial charge in [0.1, 0.15) is 11.6 Å². The number of amides is 1. The predicted octanol–water partition coefficient (Wildman–Crippen LogP) is 1.96. The van der Waals surface area contributed by atoms with E-state index in [1.54, 1.807) is 0 Å². The molecule has 0 aliphatic carbocycles. The maximum absolute atomic E-state index is 13.4. The van der Waals surface area contributed by atoms with Crippen LogP contribution in [0.5, 0.6) is 0 Å². The summed E-state index contributed by atoms with van der Waals surface area (Å²) in [5.74, 6) is -2.39. The molecule has 0 saturated heterocycles. The van der Waals surface area contributed by atoms with Crippen LogP contribution in [0.4, 0.5) is 8.78 Å². The van der Waals surface area contributed by atoms with Crippen molar-refractivity contribution in [3.8, 4) is 0 Å².